The molecule has 4 saturated carbocycles. The quantitative estimate of drug-likeness (QED) is 0.526. The highest BCUT2D eigenvalue weighted by molar-refractivity contribution is 6.24. The standard InChI is InChI=1S/C20H26ClN3O4/c1-11-3-15(12(2)28-11)17(26)24-23-16(25)9-22-18(27)19-5-13-4-14(6-19)8-20(21,7-13)10-19/h3,13-14H,4-10H2,1-2H3,(H,22,27)(H,23,25)(H,24,26)/t13-,14+,19?,20?. The van der Waals surface area contributed by atoms with Crippen molar-refractivity contribution in [3.8, 4) is 0 Å². The third-order valence-electron chi connectivity index (χ3n) is 6.48. The maximum Gasteiger partial charge on any atom is 0.273 e. The first kappa shape index (κ1) is 19.3. The summed E-state index contributed by atoms with van der Waals surface area (Å²) < 4.78 is 5.31. The van der Waals surface area contributed by atoms with Crippen LogP contribution in [0.1, 0.15) is 60.4 Å². The van der Waals surface area contributed by atoms with Gasteiger partial charge in [-0.25, -0.2) is 0 Å². The topological polar surface area (TPSA) is 100 Å². The molecule has 152 valence electrons. The molecule has 4 bridgehead atoms. The van der Waals surface area contributed by atoms with Crippen molar-refractivity contribution in [1.82, 2.24) is 16.2 Å². The largest absolute Gasteiger partial charge is 0.466 e. The molecule has 4 fully saturated rings. The third-order valence-corrected chi connectivity index (χ3v) is 6.92. The van der Waals surface area contributed by atoms with E-state index in [-0.39, 0.29) is 17.3 Å². The fourth-order valence-corrected chi connectivity index (χ4v) is 6.55. The van der Waals surface area contributed by atoms with Crippen LogP contribution in [0.25, 0.3) is 0 Å². The normalized spacial score (nSPS) is 32.8. The number of nitrogens with one attached hydrogen (secondary N) is 3. The van der Waals surface area contributed by atoms with Crippen LogP contribution >= 0.6 is 11.6 Å². The van der Waals surface area contributed by atoms with E-state index < -0.39 is 17.2 Å². The summed E-state index contributed by atoms with van der Waals surface area (Å²) in [7, 11) is 0. The van der Waals surface area contributed by atoms with E-state index in [0.29, 0.717) is 35.3 Å². The summed E-state index contributed by atoms with van der Waals surface area (Å²) in [5.41, 5.74) is 4.60. The summed E-state index contributed by atoms with van der Waals surface area (Å²) in [5, 5.41) is 2.76. The monoisotopic (exact) mass is 407 g/mol. The molecule has 0 spiro atoms. The van der Waals surface area contributed by atoms with Crippen LogP contribution in [0.3, 0.4) is 0 Å². The minimum atomic E-state index is -0.482. The van der Waals surface area contributed by atoms with E-state index >= 15 is 0 Å². The van der Waals surface area contributed by atoms with Crippen molar-refractivity contribution in [2.45, 2.75) is 57.2 Å². The molecule has 4 atom stereocenters. The van der Waals surface area contributed by atoms with E-state index in [1.165, 1.54) is 6.42 Å². The van der Waals surface area contributed by atoms with Crippen molar-refractivity contribution in [2.24, 2.45) is 17.3 Å². The number of aryl methyl sites for hydroxylation is 2. The van der Waals surface area contributed by atoms with Gasteiger partial charge >= 0.3 is 0 Å². The van der Waals surface area contributed by atoms with E-state index in [1.54, 1.807) is 19.9 Å². The lowest BCUT2D eigenvalue weighted by Gasteiger charge is -2.59. The second kappa shape index (κ2) is 6.79. The average molecular weight is 408 g/mol. The van der Waals surface area contributed by atoms with E-state index in [1.807, 2.05) is 0 Å². The number of furan rings is 1. The van der Waals surface area contributed by atoms with Crippen molar-refractivity contribution in [2.75, 3.05) is 6.54 Å². The summed E-state index contributed by atoms with van der Waals surface area (Å²) in [6, 6.07) is 1.60. The Morgan fingerprint density at radius 3 is 2.39 bits per heavy atom. The molecule has 0 aliphatic heterocycles. The Morgan fingerprint density at radius 2 is 1.82 bits per heavy atom. The number of rotatable bonds is 4. The first-order valence-electron chi connectivity index (χ1n) is 9.81. The molecule has 1 aromatic rings. The van der Waals surface area contributed by atoms with Crippen LogP contribution in [0, 0.1) is 31.1 Å². The minimum absolute atomic E-state index is 0.0885. The van der Waals surface area contributed by atoms with Crippen LogP contribution in [0.5, 0.6) is 0 Å². The SMILES string of the molecule is Cc1cc(C(=O)NNC(=O)CNC(=O)C23C[C@@H]4C[C@@H](CC(Cl)(C4)C2)C3)c(C)o1. The van der Waals surface area contributed by atoms with Crippen LogP contribution in [-0.2, 0) is 9.59 Å². The number of carbonyl (C=O) groups is 3. The van der Waals surface area contributed by atoms with Crippen LogP contribution in [-0.4, -0.2) is 29.1 Å². The Balaban J connectivity index is 1.29. The van der Waals surface area contributed by atoms with Gasteiger partial charge in [-0.05, 0) is 70.3 Å². The Morgan fingerprint density at radius 1 is 1.14 bits per heavy atom. The highest BCUT2D eigenvalue weighted by Gasteiger charge is 2.60. The molecule has 4 aliphatic rings. The van der Waals surface area contributed by atoms with Crippen molar-refractivity contribution >= 4 is 29.3 Å². The highest BCUT2D eigenvalue weighted by atomic mass is 35.5. The molecule has 1 aromatic heterocycles. The van der Waals surface area contributed by atoms with Gasteiger partial charge in [0.2, 0.25) is 5.91 Å². The Kier molecular flexibility index (Phi) is 4.68. The van der Waals surface area contributed by atoms with Crippen LogP contribution < -0.4 is 16.2 Å². The molecule has 2 unspecified atom stereocenters. The second-order valence-electron chi connectivity index (χ2n) is 8.90. The van der Waals surface area contributed by atoms with Gasteiger partial charge in [0.25, 0.3) is 11.8 Å². The smallest absolute Gasteiger partial charge is 0.273 e. The van der Waals surface area contributed by atoms with Gasteiger partial charge in [0.15, 0.2) is 0 Å². The lowest BCUT2D eigenvalue weighted by molar-refractivity contribution is -0.145. The fraction of sp³-hybridized carbons (Fsp3) is 0.650. The summed E-state index contributed by atoms with van der Waals surface area (Å²) in [4.78, 5) is 36.8. The van der Waals surface area contributed by atoms with Gasteiger partial charge < -0.3 is 9.73 Å². The summed E-state index contributed by atoms with van der Waals surface area (Å²) in [6.45, 7) is 3.24. The molecule has 1 heterocycles. The first-order chi connectivity index (χ1) is 13.2. The van der Waals surface area contributed by atoms with Gasteiger partial charge in [-0.1, -0.05) is 0 Å². The number of carbonyl (C=O) groups excluding carboxylic acids is 3. The van der Waals surface area contributed by atoms with Gasteiger partial charge in [-0.3, -0.25) is 25.2 Å². The molecular weight excluding hydrogens is 382 g/mol. The summed E-state index contributed by atoms with van der Waals surface area (Å²) in [5.74, 6) is 1.10. The van der Waals surface area contributed by atoms with Gasteiger partial charge in [-0.2, -0.15) is 0 Å². The van der Waals surface area contributed by atoms with Crippen molar-refractivity contribution in [3.63, 3.8) is 0 Å². The van der Waals surface area contributed by atoms with Crippen LogP contribution in [0.2, 0.25) is 0 Å². The van der Waals surface area contributed by atoms with Crippen LogP contribution in [0.4, 0.5) is 0 Å². The van der Waals surface area contributed by atoms with E-state index in [2.05, 4.69) is 16.2 Å². The molecule has 4 aliphatic carbocycles. The molecule has 28 heavy (non-hydrogen) atoms. The number of alkyl halides is 1. The molecule has 5 rings (SSSR count). The van der Waals surface area contributed by atoms with E-state index in [4.69, 9.17) is 16.0 Å². The Hall–Kier alpha value is -2.02. The predicted octanol–water partition coefficient (Wildman–Crippen LogP) is 2.35. The van der Waals surface area contributed by atoms with E-state index in [0.717, 1.165) is 25.7 Å². The Labute approximate surface area is 168 Å². The summed E-state index contributed by atoms with van der Waals surface area (Å²) in [6.07, 6.45) is 5.59. The fourth-order valence-electron chi connectivity index (χ4n) is 5.86. The van der Waals surface area contributed by atoms with Crippen molar-refractivity contribution < 1.29 is 18.8 Å². The minimum Gasteiger partial charge on any atom is -0.466 e. The van der Waals surface area contributed by atoms with Gasteiger partial charge in [-0.15, -0.1) is 11.6 Å². The number of amides is 3. The van der Waals surface area contributed by atoms with Gasteiger partial charge in [0.1, 0.15) is 11.5 Å². The van der Waals surface area contributed by atoms with E-state index in [9.17, 15) is 14.4 Å². The van der Waals surface area contributed by atoms with Gasteiger partial charge in [0, 0.05) is 4.87 Å². The maximum atomic E-state index is 12.9. The lowest BCUT2D eigenvalue weighted by Crippen LogP contribution is -2.59. The second-order valence-corrected chi connectivity index (χ2v) is 9.71. The average Bonchev–Trinajstić information content (AvgIpc) is 2.93. The molecule has 0 aromatic carbocycles. The number of hydrogen-bond donors (Lipinski definition) is 3. The molecule has 3 N–H and O–H groups in total. The number of halogens is 1. The molecule has 0 saturated heterocycles. The van der Waals surface area contributed by atoms with Gasteiger partial charge in [0.05, 0.1) is 17.5 Å². The zero-order chi connectivity index (χ0) is 20.1. The molecule has 7 nitrogen and oxygen atoms in total. The summed E-state index contributed by atoms with van der Waals surface area (Å²) >= 11 is 6.77. The third kappa shape index (κ3) is 3.52. The number of hydrazine groups is 1. The Bertz CT molecular complexity index is 819. The van der Waals surface area contributed by atoms with Crippen molar-refractivity contribution in [1.29, 1.82) is 0 Å². The predicted molar refractivity (Wildman–Crippen MR) is 102 cm³/mol. The molecule has 0 radical (unpaired) electrons. The molecular formula is C20H26ClN3O4. The molecule has 8 heteroatoms. The van der Waals surface area contributed by atoms with Crippen molar-refractivity contribution in [3.05, 3.63) is 23.2 Å². The first-order valence-corrected chi connectivity index (χ1v) is 10.2. The molecule has 3 amide bonds. The zero-order valence-electron chi connectivity index (χ0n) is 16.2. The van der Waals surface area contributed by atoms with Crippen LogP contribution in [0.15, 0.2) is 10.5 Å². The highest BCUT2D eigenvalue weighted by Crippen LogP contribution is 2.63. The zero-order valence-corrected chi connectivity index (χ0v) is 16.9. The number of hydrogen-bond acceptors (Lipinski definition) is 4. The maximum absolute atomic E-state index is 12.9. The lowest BCUT2D eigenvalue weighted by atomic mass is 9.49.